The minimum atomic E-state index is -4.60. The molecule has 1 N–H and O–H groups in total. The number of amides is 1. The molecule has 2 aromatic heterocycles. The van der Waals surface area contributed by atoms with Gasteiger partial charge in [-0.05, 0) is 18.6 Å². The van der Waals surface area contributed by atoms with Crippen LogP contribution in [-0.2, 0) is 11.0 Å². The van der Waals surface area contributed by atoms with E-state index in [0.29, 0.717) is 32.6 Å². The van der Waals surface area contributed by atoms with Crippen LogP contribution in [0, 0.1) is 12.3 Å². The maximum Gasteiger partial charge on any atom is 0.433 e. The van der Waals surface area contributed by atoms with E-state index in [1.165, 1.54) is 6.20 Å². The van der Waals surface area contributed by atoms with Crippen LogP contribution in [0.15, 0.2) is 30.5 Å². The molecular weight excluding hydrogens is 397 g/mol. The lowest BCUT2D eigenvalue weighted by molar-refractivity contribution is -0.141. The third-order valence-corrected chi connectivity index (χ3v) is 4.56. The zero-order valence-electron chi connectivity index (χ0n) is 16.2. The van der Waals surface area contributed by atoms with E-state index in [2.05, 4.69) is 26.2 Å². The molecule has 0 spiro atoms. The number of nitrogens with one attached hydrogen (secondary N) is 1. The van der Waals surface area contributed by atoms with Crippen molar-refractivity contribution in [2.45, 2.75) is 12.6 Å². The van der Waals surface area contributed by atoms with Crippen LogP contribution < -0.4 is 10.2 Å². The Balaban J connectivity index is 1.79. The summed E-state index contributed by atoms with van der Waals surface area (Å²) in [5, 5.41) is 2.61. The van der Waals surface area contributed by atoms with E-state index >= 15 is 0 Å². The summed E-state index contributed by atoms with van der Waals surface area (Å²) in [5.41, 5.74) is -0.741. The number of anilines is 1. The van der Waals surface area contributed by atoms with Gasteiger partial charge in [-0.15, -0.1) is 6.42 Å². The van der Waals surface area contributed by atoms with Crippen molar-refractivity contribution >= 4 is 11.7 Å². The Morgan fingerprint density at radius 1 is 1.20 bits per heavy atom. The van der Waals surface area contributed by atoms with Crippen molar-refractivity contribution in [1.29, 1.82) is 0 Å². The van der Waals surface area contributed by atoms with Crippen molar-refractivity contribution in [3.05, 3.63) is 36.2 Å². The van der Waals surface area contributed by atoms with E-state index in [9.17, 15) is 18.0 Å². The normalized spacial score (nSPS) is 15.3. The van der Waals surface area contributed by atoms with Gasteiger partial charge in [-0.25, -0.2) is 9.97 Å². The number of carbonyl (C=O) groups is 1. The predicted octanol–water partition coefficient (Wildman–Crippen LogP) is 1.82. The number of aromatic nitrogens is 3. The molecule has 1 amide bonds. The molecule has 2 aromatic rings. The molecule has 1 saturated heterocycles. The van der Waals surface area contributed by atoms with Gasteiger partial charge < -0.3 is 10.2 Å². The SMILES string of the molecule is C#CCNC(=O)CN1CCCN(c2cc(C(F)(F)F)nc(-c3ccccn3)n2)CC1. The second-order valence-corrected chi connectivity index (χ2v) is 6.75. The standard InChI is InChI=1S/C20H21F3N6O/c1-2-7-25-18(30)14-28-9-5-10-29(12-11-28)17-13-16(20(21,22)23)26-19(27-17)15-6-3-4-8-24-15/h1,3-4,6,8,13H,5,7,9-12,14H2,(H,25,30). The first kappa shape index (κ1) is 21.5. The first-order valence-corrected chi connectivity index (χ1v) is 9.42. The molecule has 1 fully saturated rings. The van der Waals surface area contributed by atoms with Crippen molar-refractivity contribution in [2.24, 2.45) is 0 Å². The van der Waals surface area contributed by atoms with Crippen molar-refractivity contribution in [1.82, 2.24) is 25.2 Å². The van der Waals surface area contributed by atoms with Gasteiger partial charge in [-0.2, -0.15) is 13.2 Å². The average Bonchev–Trinajstić information content (AvgIpc) is 2.97. The molecule has 3 rings (SSSR count). The molecule has 30 heavy (non-hydrogen) atoms. The lowest BCUT2D eigenvalue weighted by Crippen LogP contribution is -2.39. The number of nitrogens with zero attached hydrogens (tertiary/aromatic N) is 5. The van der Waals surface area contributed by atoms with Crippen LogP contribution in [0.2, 0.25) is 0 Å². The summed E-state index contributed by atoms with van der Waals surface area (Å²) in [6.07, 6.45) is 2.68. The van der Waals surface area contributed by atoms with Gasteiger partial charge in [0.25, 0.3) is 0 Å². The molecule has 0 radical (unpaired) electrons. The molecule has 1 aliphatic rings. The zero-order chi connectivity index (χ0) is 21.6. The Morgan fingerprint density at radius 3 is 2.73 bits per heavy atom. The van der Waals surface area contributed by atoms with Gasteiger partial charge >= 0.3 is 6.18 Å². The fourth-order valence-corrected chi connectivity index (χ4v) is 3.12. The lowest BCUT2D eigenvalue weighted by atomic mass is 10.3. The predicted molar refractivity (Wildman–Crippen MR) is 105 cm³/mol. The molecule has 0 bridgehead atoms. The molecule has 0 aliphatic carbocycles. The van der Waals surface area contributed by atoms with Crippen LogP contribution in [0.4, 0.5) is 19.0 Å². The molecule has 3 heterocycles. The number of terminal acetylenes is 1. The molecule has 7 nitrogen and oxygen atoms in total. The highest BCUT2D eigenvalue weighted by Crippen LogP contribution is 2.31. The summed E-state index contributed by atoms with van der Waals surface area (Å²) in [7, 11) is 0. The Kier molecular flexibility index (Phi) is 6.84. The summed E-state index contributed by atoms with van der Waals surface area (Å²) in [6.45, 7) is 2.44. The molecule has 10 heteroatoms. The Hall–Kier alpha value is -3.19. The first-order valence-electron chi connectivity index (χ1n) is 9.42. The van der Waals surface area contributed by atoms with Gasteiger partial charge in [0.2, 0.25) is 5.91 Å². The fourth-order valence-electron chi connectivity index (χ4n) is 3.12. The minimum absolute atomic E-state index is 0.0739. The van der Waals surface area contributed by atoms with Gasteiger partial charge in [0, 0.05) is 38.4 Å². The highest BCUT2D eigenvalue weighted by atomic mass is 19.4. The van der Waals surface area contributed by atoms with Crippen molar-refractivity contribution in [3.8, 4) is 23.9 Å². The van der Waals surface area contributed by atoms with Crippen LogP contribution in [0.3, 0.4) is 0 Å². The number of pyridine rings is 1. The summed E-state index contributed by atoms with van der Waals surface area (Å²) in [6, 6.07) is 5.86. The quantitative estimate of drug-likeness (QED) is 0.747. The molecular formula is C20H21F3N6O. The molecule has 0 unspecified atom stereocenters. The van der Waals surface area contributed by atoms with Gasteiger partial charge in [-0.3, -0.25) is 14.7 Å². The third kappa shape index (κ3) is 5.67. The van der Waals surface area contributed by atoms with E-state index in [1.807, 2.05) is 4.90 Å². The number of halogens is 3. The van der Waals surface area contributed by atoms with Gasteiger partial charge in [-0.1, -0.05) is 12.0 Å². The van der Waals surface area contributed by atoms with Crippen LogP contribution in [-0.4, -0.2) is 65.0 Å². The van der Waals surface area contributed by atoms with Crippen LogP contribution in [0.25, 0.3) is 11.5 Å². The van der Waals surface area contributed by atoms with Gasteiger partial charge in [0.05, 0.1) is 13.1 Å². The molecule has 0 saturated carbocycles. The second kappa shape index (κ2) is 9.54. The van der Waals surface area contributed by atoms with Crippen molar-refractivity contribution in [3.63, 3.8) is 0 Å². The van der Waals surface area contributed by atoms with Crippen molar-refractivity contribution < 1.29 is 18.0 Å². The van der Waals surface area contributed by atoms with Gasteiger partial charge in [0.1, 0.15) is 11.5 Å². The summed E-state index contributed by atoms with van der Waals surface area (Å²) >= 11 is 0. The Morgan fingerprint density at radius 2 is 2.03 bits per heavy atom. The number of alkyl halides is 3. The van der Waals surface area contributed by atoms with Gasteiger partial charge in [0.15, 0.2) is 11.5 Å². The summed E-state index contributed by atoms with van der Waals surface area (Å²) in [4.78, 5) is 27.7. The Bertz CT molecular complexity index is 913. The van der Waals surface area contributed by atoms with E-state index in [-0.39, 0.29) is 36.3 Å². The molecule has 0 aromatic carbocycles. The molecule has 1 aliphatic heterocycles. The highest BCUT2D eigenvalue weighted by Gasteiger charge is 2.34. The number of hydrogen-bond acceptors (Lipinski definition) is 6. The molecule has 158 valence electrons. The molecule has 0 atom stereocenters. The van der Waals surface area contributed by atoms with Crippen molar-refractivity contribution in [2.75, 3.05) is 44.2 Å². The zero-order valence-corrected chi connectivity index (χ0v) is 16.2. The minimum Gasteiger partial charge on any atom is -0.355 e. The number of carbonyl (C=O) groups excluding carboxylic acids is 1. The van der Waals surface area contributed by atoms with E-state index in [1.54, 1.807) is 23.1 Å². The van der Waals surface area contributed by atoms with E-state index in [0.717, 1.165) is 6.07 Å². The lowest BCUT2D eigenvalue weighted by Gasteiger charge is -2.23. The highest BCUT2D eigenvalue weighted by molar-refractivity contribution is 5.78. The Labute approximate surface area is 172 Å². The maximum atomic E-state index is 13.4. The number of rotatable bonds is 5. The fraction of sp³-hybridized carbons (Fsp3) is 0.400. The third-order valence-electron chi connectivity index (χ3n) is 4.56. The van der Waals surface area contributed by atoms with Crippen LogP contribution in [0.1, 0.15) is 12.1 Å². The topological polar surface area (TPSA) is 74.2 Å². The second-order valence-electron chi connectivity index (χ2n) is 6.75. The maximum absolute atomic E-state index is 13.4. The van der Waals surface area contributed by atoms with Crippen LogP contribution >= 0.6 is 0 Å². The largest absolute Gasteiger partial charge is 0.433 e. The first-order chi connectivity index (χ1) is 14.4. The van der Waals surface area contributed by atoms with E-state index < -0.39 is 11.9 Å². The summed E-state index contributed by atoms with van der Waals surface area (Å²) in [5.74, 6) is 2.28. The summed E-state index contributed by atoms with van der Waals surface area (Å²) < 4.78 is 40.3. The monoisotopic (exact) mass is 418 g/mol. The average molecular weight is 418 g/mol. The number of hydrogen-bond donors (Lipinski definition) is 1. The van der Waals surface area contributed by atoms with Crippen LogP contribution in [0.5, 0.6) is 0 Å². The smallest absolute Gasteiger partial charge is 0.355 e. The van der Waals surface area contributed by atoms with E-state index in [4.69, 9.17) is 6.42 Å².